The van der Waals surface area contributed by atoms with Crippen LogP contribution in [0.4, 0.5) is 0 Å². The first kappa shape index (κ1) is 12.9. The third kappa shape index (κ3) is 3.12. The van der Waals surface area contributed by atoms with E-state index in [0.29, 0.717) is 32.6 Å². The fraction of sp³-hybridized carbons (Fsp3) is 1.00. The first-order valence-corrected chi connectivity index (χ1v) is 6.35. The van der Waals surface area contributed by atoms with Crippen LogP contribution in [-0.4, -0.2) is 52.1 Å². The Morgan fingerprint density at radius 3 is 2.33 bits per heavy atom. The monoisotopic (exact) mass is 237 g/mol. The van der Waals surface area contributed by atoms with Gasteiger partial charge < -0.3 is 10.5 Å². The van der Waals surface area contributed by atoms with E-state index in [1.54, 1.807) is 0 Å². The summed E-state index contributed by atoms with van der Waals surface area (Å²) in [6, 6.07) is 0. The molecule has 1 fully saturated rings. The largest absolute Gasteiger partial charge is 0.381 e. The Bertz CT molecular complexity index is 296. The van der Waals surface area contributed by atoms with Crippen molar-refractivity contribution < 1.29 is 13.2 Å². The number of ether oxygens (including phenoxy) is 1. The molecular weight excluding hydrogens is 218 g/mol. The van der Waals surface area contributed by atoms with Crippen molar-refractivity contribution in [3.8, 4) is 0 Å². The maximum Gasteiger partial charge on any atom is 0.279 e. The van der Waals surface area contributed by atoms with Crippen molar-refractivity contribution >= 4 is 10.2 Å². The van der Waals surface area contributed by atoms with Gasteiger partial charge in [0.05, 0.1) is 5.54 Å². The molecular formula is C8H19N3O3S. The Hall–Kier alpha value is -0.210. The second-order valence-corrected chi connectivity index (χ2v) is 5.87. The molecule has 6 nitrogen and oxygen atoms in total. The van der Waals surface area contributed by atoms with Crippen molar-refractivity contribution in [1.82, 2.24) is 9.03 Å². The minimum atomic E-state index is -3.42. The van der Waals surface area contributed by atoms with E-state index in [1.165, 1.54) is 14.1 Å². The number of hydrogen-bond donors (Lipinski definition) is 2. The van der Waals surface area contributed by atoms with Crippen LogP contribution < -0.4 is 10.5 Å². The maximum atomic E-state index is 11.7. The lowest BCUT2D eigenvalue weighted by atomic mass is 9.92. The molecule has 0 aromatic rings. The van der Waals surface area contributed by atoms with E-state index >= 15 is 0 Å². The molecule has 0 atom stereocenters. The van der Waals surface area contributed by atoms with Gasteiger partial charge in [0.25, 0.3) is 10.2 Å². The summed E-state index contributed by atoms with van der Waals surface area (Å²) in [4.78, 5) is 0. The molecule has 0 bridgehead atoms. The molecule has 7 heteroatoms. The predicted octanol–water partition coefficient (Wildman–Crippen LogP) is -1.11. The van der Waals surface area contributed by atoms with Crippen LogP contribution in [0.5, 0.6) is 0 Å². The highest BCUT2D eigenvalue weighted by atomic mass is 32.2. The Labute approximate surface area is 90.9 Å². The molecule has 1 aliphatic rings. The Morgan fingerprint density at radius 1 is 1.40 bits per heavy atom. The van der Waals surface area contributed by atoms with Gasteiger partial charge in [-0.1, -0.05) is 0 Å². The summed E-state index contributed by atoms with van der Waals surface area (Å²) in [5.41, 5.74) is 5.10. The SMILES string of the molecule is CN(C)S(=O)(=O)NC1(CN)CCOCC1. The summed E-state index contributed by atoms with van der Waals surface area (Å²) in [7, 11) is -0.437. The van der Waals surface area contributed by atoms with Crippen LogP contribution in [0.1, 0.15) is 12.8 Å². The lowest BCUT2D eigenvalue weighted by molar-refractivity contribution is 0.0497. The van der Waals surface area contributed by atoms with Gasteiger partial charge in [-0.05, 0) is 12.8 Å². The van der Waals surface area contributed by atoms with E-state index in [2.05, 4.69) is 4.72 Å². The third-order valence-electron chi connectivity index (χ3n) is 2.67. The molecule has 0 aromatic carbocycles. The molecule has 1 rings (SSSR count). The van der Waals surface area contributed by atoms with E-state index in [4.69, 9.17) is 10.5 Å². The second kappa shape index (κ2) is 4.75. The fourth-order valence-electron chi connectivity index (χ4n) is 1.47. The highest BCUT2D eigenvalue weighted by Crippen LogP contribution is 2.20. The molecule has 0 aromatic heterocycles. The van der Waals surface area contributed by atoms with E-state index in [9.17, 15) is 8.42 Å². The number of hydrogen-bond acceptors (Lipinski definition) is 4. The van der Waals surface area contributed by atoms with Crippen LogP contribution in [0.25, 0.3) is 0 Å². The molecule has 1 heterocycles. The van der Waals surface area contributed by atoms with Crippen LogP contribution in [-0.2, 0) is 14.9 Å². The minimum Gasteiger partial charge on any atom is -0.381 e. The number of nitrogens with zero attached hydrogens (tertiary/aromatic N) is 1. The number of nitrogens with two attached hydrogens (primary N) is 1. The molecule has 0 aliphatic carbocycles. The van der Waals surface area contributed by atoms with Crippen molar-refractivity contribution in [3.63, 3.8) is 0 Å². The topological polar surface area (TPSA) is 84.7 Å². The van der Waals surface area contributed by atoms with Gasteiger partial charge in [0.15, 0.2) is 0 Å². The lowest BCUT2D eigenvalue weighted by Crippen LogP contribution is -2.58. The summed E-state index contributed by atoms with van der Waals surface area (Å²) in [6.07, 6.45) is 1.24. The van der Waals surface area contributed by atoms with E-state index in [-0.39, 0.29) is 0 Å². The Morgan fingerprint density at radius 2 is 1.93 bits per heavy atom. The van der Waals surface area contributed by atoms with Crippen molar-refractivity contribution in [2.75, 3.05) is 33.9 Å². The zero-order chi connectivity index (χ0) is 11.5. The molecule has 0 unspecified atom stereocenters. The summed E-state index contributed by atoms with van der Waals surface area (Å²) in [6.45, 7) is 1.39. The standard InChI is InChI=1S/C8H19N3O3S/c1-11(2)15(12,13)10-8(7-9)3-5-14-6-4-8/h10H,3-7,9H2,1-2H3. The first-order valence-electron chi connectivity index (χ1n) is 4.91. The van der Waals surface area contributed by atoms with Gasteiger partial charge in [-0.2, -0.15) is 17.4 Å². The van der Waals surface area contributed by atoms with Crippen LogP contribution in [0.3, 0.4) is 0 Å². The van der Waals surface area contributed by atoms with Crippen LogP contribution in [0, 0.1) is 0 Å². The van der Waals surface area contributed by atoms with Crippen LogP contribution in [0.15, 0.2) is 0 Å². The summed E-state index contributed by atoms with van der Waals surface area (Å²) in [5.74, 6) is 0. The van der Waals surface area contributed by atoms with Crippen LogP contribution in [0.2, 0.25) is 0 Å². The number of rotatable bonds is 4. The average molecular weight is 237 g/mol. The second-order valence-electron chi connectivity index (χ2n) is 3.99. The highest BCUT2D eigenvalue weighted by Gasteiger charge is 2.35. The lowest BCUT2D eigenvalue weighted by Gasteiger charge is -2.37. The van der Waals surface area contributed by atoms with Gasteiger partial charge >= 0.3 is 0 Å². The Balaban J connectivity index is 2.76. The molecule has 0 amide bonds. The van der Waals surface area contributed by atoms with Gasteiger partial charge in [-0.3, -0.25) is 0 Å². The normalized spacial score (nSPS) is 21.9. The predicted molar refractivity (Wildman–Crippen MR) is 57.6 cm³/mol. The van der Waals surface area contributed by atoms with Crippen molar-refractivity contribution in [3.05, 3.63) is 0 Å². The zero-order valence-corrected chi connectivity index (χ0v) is 10.0. The van der Waals surface area contributed by atoms with E-state index in [0.717, 1.165) is 4.31 Å². The minimum absolute atomic E-state index is 0.295. The van der Waals surface area contributed by atoms with Gasteiger partial charge in [-0.15, -0.1) is 0 Å². The zero-order valence-electron chi connectivity index (χ0n) is 9.19. The third-order valence-corrected chi connectivity index (χ3v) is 4.32. The molecule has 1 saturated heterocycles. The Kier molecular flexibility index (Phi) is 4.07. The van der Waals surface area contributed by atoms with Gasteiger partial charge in [-0.25, -0.2) is 0 Å². The molecule has 90 valence electrons. The quantitative estimate of drug-likeness (QED) is 0.649. The molecule has 15 heavy (non-hydrogen) atoms. The number of nitrogens with one attached hydrogen (secondary N) is 1. The highest BCUT2D eigenvalue weighted by molar-refractivity contribution is 7.87. The van der Waals surface area contributed by atoms with Gasteiger partial charge in [0.1, 0.15) is 0 Å². The average Bonchev–Trinajstić information content (AvgIpc) is 2.18. The summed E-state index contributed by atoms with van der Waals surface area (Å²) in [5, 5.41) is 0. The van der Waals surface area contributed by atoms with Crippen molar-refractivity contribution in [2.45, 2.75) is 18.4 Å². The molecule has 0 spiro atoms. The van der Waals surface area contributed by atoms with Crippen molar-refractivity contribution in [1.29, 1.82) is 0 Å². The summed E-state index contributed by atoms with van der Waals surface area (Å²) >= 11 is 0. The first-order chi connectivity index (χ1) is 6.92. The van der Waals surface area contributed by atoms with E-state index in [1.807, 2.05) is 0 Å². The van der Waals surface area contributed by atoms with Gasteiger partial charge in [0, 0.05) is 33.9 Å². The molecule has 0 saturated carbocycles. The maximum absolute atomic E-state index is 11.7. The fourth-order valence-corrected chi connectivity index (χ4v) is 2.49. The van der Waals surface area contributed by atoms with Crippen molar-refractivity contribution in [2.24, 2.45) is 5.73 Å². The van der Waals surface area contributed by atoms with E-state index < -0.39 is 15.7 Å². The van der Waals surface area contributed by atoms with Crippen LogP contribution >= 0.6 is 0 Å². The molecule has 0 radical (unpaired) electrons. The molecule has 3 N–H and O–H groups in total. The van der Waals surface area contributed by atoms with Gasteiger partial charge in [0.2, 0.25) is 0 Å². The smallest absolute Gasteiger partial charge is 0.279 e. The molecule has 1 aliphatic heterocycles. The summed E-state index contributed by atoms with van der Waals surface area (Å²) < 4.78 is 32.4.